The number of Topliss-reactive ketones (excluding diaryl/α,β-unsaturated/α-hetero) is 1. The number of imide groups is 1. The lowest BCUT2D eigenvalue weighted by Crippen LogP contribution is -2.55. The maximum Gasteiger partial charge on any atom is 0.282 e. The molecular weight excluding hydrogens is 428 g/mol. The van der Waals surface area contributed by atoms with E-state index in [1.807, 2.05) is 12.1 Å². The molecule has 0 aliphatic carbocycles. The number of carbonyl (C=O) groups excluding carboxylic acids is 4. The predicted octanol–water partition coefficient (Wildman–Crippen LogP) is 2.13. The van der Waals surface area contributed by atoms with E-state index in [-0.39, 0.29) is 16.9 Å². The molecule has 4 rings (SSSR count). The standard InChI is InChI=1S/C23H22N4O6/c1-14(26-22(30)18-4-3-5-19(27(32)33)20(18)23(26)31)21(29)25-12-10-24(11-13-25)17-8-6-16(7-9-17)15(2)28/h3-9,14H,10-13H2,1-2H3/t14-/m0/s1. The number of piperazine rings is 1. The number of ketones is 1. The summed E-state index contributed by atoms with van der Waals surface area (Å²) in [6.45, 7) is 4.84. The summed E-state index contributed by atoms with van der Waals surface area (Å²) in [4.78, 5) is 65.3. The van der Waals surface area contributed by atoms with Crippen LogP contribution in [0.2, 0.25) is 0 Å². The van der Waals surface area contributed by atoms with Gasteiger partial charge in [0, 0.05) is 43.5 Å². The van der Waals surface area contributed by atoms with Crippen LogP contribution < -0.4 is 4.90 Å². The Hall–Kier alpha value is -4.08. The quantitative estimate of drug-likeness (QED) is 0.296. The third-order valence-corrected chi connectivity index (χ3v) is 6.10. The maximum atomic E-state index is 13.1. The Balaban J connectivity index is 1.44. The van der Waals surface area contributed by atoms with Gasteiger partial charge in [-0.05, 0) is 44.2 Å². The number of carbonyl (C=O) groups is 4. The first-order valence-electron chi connectivity index (χ1n) is 10.5. The summed E-state index contributed by atoms with van der Waals surface area (Å²) in [6, 6.07) is 10.0. The number of nitro benzene ring substituents is 1. The Labute approximate surface area is 189 Å². The molecule has 0 bridgehead atoms. The highest BCUT2D eigenvalue weighted by Gasteiger charge is 2.45. The molecule has 0 aromatic heterocycles. The average Bonchev–Trinajstić information content (AvgIpc) is 3.08. The van der Waals surface area contributed by atoms with Crippen molar-refractivity contribution in [1.29, 1.82) is 0 Å². The molecule has 2 aromatic carbocycles. The molecule has 0 spiro atoms. The highest BCUT2D eigenvalue weighted by Crippen LogP contribution is 2.32. The van der Waals surface area contributed by atoms with E-state index in [1.54, 1.807) is 17.0 Å². The fraction of sp³-hybridized carbons (Fsp3) is 0.304. The van der Waals surface area contributed by atoms with Gasteiger partial charge in [-0.25, -0.2) is 0 Å². The molecular formula is C23H22N4O6. The van der Waals surface area contributed by atoms with Crippen molar-refractivity contribution >= 4 is 34.9 Å². The lowest BCUT2D eigenvalue weighted by molar-refractivity contribution is -0.385. The molecule has 2 aliphatic heterocycles. The van der Waals surface area contributed by atoms with Gasteiger partial charge in [0.25, 0.3) is 17.5 Å². The van der Waals surface area contributed by atoms with Gasteiger partial charge in [-0.1, -0.05) is 6.07 Å². The largest absolute Gasteiger partial charge is 0.368 e. The molecule has 1 saturated heterocycles. The summed E-state index contributed by atoms with van der Waals surface area (Å²) < 4.78 is 0. The number of amides is 3. The van der Waals surface area contributed by atoms with Crippen LogP contribution in [0.25, 0.3) is 0 Å². The van der Waals surface area contributed by atoms with Gasteiger partial charge in [-0.3, -0.25) is 34.2 Å². The number of benzene rings is 2. The van der Waals surface area contributed by atoms with Crippen LogP contribution in [0.15, 0.2) is 42.5 Å². The van der Waals surface area contributed by atoms with Gasteiger partial charge in [0.1, 0.15) is 11.6 Å². The number of nitrogens with zero attached hydrogens (tertiary/aromatic N) is 4. The van der Waals surface area contributed by atoms with Crippen molar-refractivity contribution in [2.45, 2.75) is 19.9 Å². The molecule has 1 atom stereocenters. The first-order chi connectivity index (χ1) is 15.7. The van der Waals surface area contributed by atoms with Crippen molar-refractivity contribution in [2.75, 3.05) is 31.1 Å². The minimum Gasteiger partial charge on any atom is -0.368 e. The van der Waals surface area contributed by atoms with Gasteiger partial charge in [-0.15, -0.1) is 0 Å². The summed E-state index contributed by atoms with van der Waals surface area (Å²) in [5.74, 6) is -1.93. The minimum atomic E-state index is -1.08. The Kier molecular flexibility index (Phi) is 5.67. The van der Waals surface area contributed by atoms with Crippen molar-refractivity contribution in [3.05, 3.63) is 69.3 Å². The number of hydrogen-bond donors (Lipinski definition) is 0. The molecule has 2 aromatic rings. The second kappa shape index (κ2) is 8.45. The predicted molar refractivity (Wildman–Crippen MR) is 118 cm³/mol. The monoisotopic (exact) mass is 450 g/mol. The van der Waals surface area contributed by atoms with E-state index in [9.17, 15) is 29.3 Å². The first kappa shape index (κ1) is 22.1. The van der Waals surface area contributed by atoms with Gasteiger partial charge < -0.3 is 9.80 Å². The number of rotatable bonds is 5. The highest BCUT2D eigenvalue weighted by atomic mass is 16.6. The van der Waals surface area contributed by atoms with E-state index in [2.05, 4.69) is 4.90 Å². The molecule has 10 nitrogen and oxygen atoms in total. The summed E-state index contributed by atoms with van der Waals surface area (Å²) in [6.07, 6.45) is 0. The number of hydrogen-bond acceptors (Lipinski definition) is 7. The Bertz CT molecular complexity index is 1170. The smallest absolute Gasteiger partial charge is 0.282 e. The molecule has 1 fully saturated rings. The van der Waals surface area contributed by atoms with Crippen LogP contribution in [-0.2, 0) is 4.79 Å². The van der Waals surface area contributed by atoms with E-state index in [4.69, 9.17) is 0 Å². The third kappa shape index (κ3) is 3.84. The Morgan fingerprint density at radius 3 is 2.18 bits per heavy atom. The molecule has 33 heavy (non-hydrogen) atoms. The zero-order valence-electron chi connectivity index (χ0n) is 18.2. The third-order valence-electron chi connectivity index (χ3n) is 6.10. The van der Waals surface area contributed by atoms with Gasteiger partial charge >= 0.3 is 0 Å². The zero-order chi connectivity index (χ0) is 23.9. The zero-order valence-corrected chi connectivity index (χ0v) is 18.2. The van der Waals surface area contributed by atoms with Gasteiger partial charge in [0.15, 0.2) is 5.78 Å². The molecule has 3 amide bonds. The van der Waals surface area contributed by atoms with Crippen LogP contribution in [0.4, 0.5) is 11.4 Å². The second-order valence-electron chi connectivity index (χ2n) is 8.03. The molecule has 2 heterocycles. The van der Waals surface area contributed by atoms with Crippen LogP contribution in [0.1, 0.15) is 44.9 Å². The molecule has 0 N–H and O–H groups in total. The van der Waals surface area contributed by atoms with Crippen LogP contribution in [-0.4, -0.2) is 70.4 Å². The second-order valence-corrected chi connectivity index (χ2v) is 8.03. The van der Waals surface area contributed by atoms with E-state index in [1.165, 1.54) is 32.0 Å². The summed E-state index contributed by atoms with van der Waals surface area (Å²) in [5.41, 5.74) is 0.784. The average molecular weight is 450 g/mol. The van der Waals surface area contributed by atoms with Gasteiger partial charge in [-0.2, -0.15) is 0 Å². The lowest BCUT2D eigenvalue weighted by atomic mass is 10.1. The van der Waals surface area contributed by atoms with E-state index in [0.717, 1.165) is 10.6 Å². The molecule has 10 heteroatoms. The normalized spacial score (nSPS) is 16.6. The maximum absolute atomic E-state index is 13.1. The van der Waals surface area contributed by atoms with Crippen molar-refractivity contribution in [1.82, 2.24) is 9.80 Å². The number of nitro groups is 1. The topological polar surface area (TPSA) is 121 Å². The molecule has 0 radical (unpaired) electrons. The summed E-state index contributed by atoms with van der Waals surface area (Å²) in [7, 11) is 0. The van der Waals surface area contributed by atoms with Crippen molar-refractivity contribution < 1.29 is 24.1 Å². The molecule has 0 saturated carbocycles. The Morgan fingerprint density at radius 1 is 0.970 bits per heavy atom. The molecule has 2 aliphatic rings. The van der Waals surface area contributed by atoms with Crippen LogP contribution in [0.5, 0.6) is 0 Å². The van der Waals surface area contributed by atoms with Crippen molar-refractivity contribution in [2.24, 2.45) is 0 Å². The van der Waals surface area contributed by atoms with Crippen molar-refractivity contribution in [3.63, 3.8) is 0 Å². The highest BCUT2D eigenvalue weighted by molar-refractivity contribution is 6.24. The number of anilines is 1. The van der Waals surface area contributed by atoms with E-state index >= 15 is 0 Å². The molecule has 0 unspecified atom stereocenters. The van der Waals surface area contributed by atoms with Crippen LogP contribution >= 0.6 is 0 Å². The van der Waals surface area contributed by atoms with Crippen LogP contribution in [0, 0.1) is 10.1 Å². The number of fused-ring (bicyclic) bond motifs is 1. The Morgan fingerprint density at radius 2 is 1.61 bits per heavy atom. The van der Waals surface area contributed by atoms with Crippen LogP contribution in [0.3, 0.4) is 0 Å². The molecule has 170 valence electrons. The fourth-order valence-corrected chi connectivity index (χ4v) is 4.26. The lowest BCUT2D eigenvalue weighted by Gasteiger charge is -2.38. The van der Waals surface area contributed by atoms with Gasteiger partial charge in [0.2, 0.25) is 5.91 Å². The van der Waals surface area contributed by atoms with Crippen molar-refractivity contribution in [3.8, 4) is 0 Å². The minimum absolute atomic E-state index is 0.00977. The summed E-state index contributed by atoms with van der Waals surface area (Å²) >= 11 is 0. The first-order valence-corrected chi connectivity index (χ1v) is 10.5. The summed E-state index contributed by atoms with van der Waals surface area (Å²) in [5, 5.41) is 11.3. The fourth-order valence-electron chi connectivity index (χ4n) is 4.26. The van der Waals surface area contributed by atoms with Gasteiger partial charge in [0.05, 0.1) is 10.5 Å². The SMILES string of the molecule is CC(=O)c1ccc(N2CCN(C(=O)[C@H](C)N3C(=O)c4cccc([N+](=O)[O-])c4C3=O)CC2)cc1. The van der Waals surface area contributed by atoms with E-state index < -0.39 is 34.4 Å². The van der Waals surface area contributed by atoms with E-state index in [0.29, 0.717) is 31.7 Å².